The van der Waals surface area contributed by atoms with Crippen LogP contribution in [0.3, 0.4) is 0 Å². The number of hydrogen-bond donors (Lipinski definition) is 0. The lowest BCUT2D eigenvalue weighted by molar-refractivity contribution is 0.673. The molecule has 0 unspecified atom stereocenters. The van der Waals surface area contributed by atoms with Crippen LogP contribution in [0.15, 0.2) is 205 Å². The second-order valence-corrected chi connectivity index (χ2v) is 13.4. The maximum Gasteiger partial charge on any atom is 0.143 e. The van der Waals surface area contributed by atoms with E-state index in [1.54, 1.807) is 0 Å². The highest BCUT2D eigenvalue weighted by atomic mass is 16.3. The van der Waals surface area contributed by atoms with Gasteiger partial charge in [0.25, 0.3) is 0 Å². The Morgan fingerprint density at radius 3 is 1.65 bits per heavy atom. The Morgan fingerprint density at radius 1 is 0.308 bits per heavy atom. The van der Waals surface area contributed by atoms with Crippen molar-refractivity contribution in [1.82, 2.24) is 0 Å². The molecule has 244 valence electrons. The number of furan rings is 1. The van der Waals surface area contributed by atoms with E-state index in [1.807, 2.05) is 0 Å². The molecule has 0 radical (unpaired) electrons. The van der Waals surface area contributed by atoms with E-state index in [9.17, 15) is 0 Å². The van der Waals surface area contributed by atoms with Crippen molar-refractivity contribution in [2.75, 3.05) is 4.90 Å². The average Bonchev–Trinajstić information content (AvgIpc) is 3.60. The van der Waals surface area contributed by atoms with Crippen molar-refractivity contribution in [2.45, 2.75) is 0 Å². The van der Waals surface area contributed by atoms with E-state index in [-0.39, 0.29) is 0 Å². The molecule has 0 spiro atoms. The minimum Gasteiger partial charge on any atom is -0.455 e. The quantitative estimate of drug-likeness (QED) is 0.176. The predicted molar refractivity (Wildman–Crippen MR) is 220 cm³/mol. The summed E-state index contributed by atoms with van der Waals surface area (Å²) in [6, 6.07) is 71.5. The monoisotopic (exact) mass is 663 g/mol. The van der Waals surface area contributed by atoms with E-state index in [2.05, 4.69) is 205 Å². The van der Waals surface area contributed by atoms with Gasteiger partial charge in [-0.05, 0) is 104 Å². The minimum atomic E-state index is 0.889. The topological polar surface area (TPSA) is 16.4 Å². The third-order valence-corrected chi connectivity index (χ3v) is 10.2. The number of fused-ring (bicyclic) bond motifs is 6. The molecule has 2 nitrogen and oxygen atoms in total. The van der Waals surface area contributed by atoms with Gasteiger partial charge in [-0.3, -0.25) is 0 Å². The lowest BCUT2D eigenvalue weighted by Gasteiger charge is -2.26. The minimum absolute atomic E-state index is 0.889. The molecule has 0 bridgehead atoms. The summed E-state index contributed by atoms with van der Waals surface area (Å²) in [6.07, 6.45) is 0. The third-order valence-electron chi connectivity index (χ3n) is 10.2. The molecule has 1 heterocycles. The number of hydrogen-bond acceptors (Lipinski definition) is 2. The van der Waals surface area contributed by atoms with Gasteiger partial charge in [0.1, 0.15) is 11.2 Å². The molecule has 1 aromatic heterocycles. The standard InChI is InChI=1S/C50H33NO/c1-3-11-34(12-4-1)36-19-21-38(22-20-36)47-33-48-45-30-26-40(32-49(45)52-50(48)46-18-10-9-17-44(46)47)37-23-27-42(28-24-37)51(41-15-5-2-6-16-41)43-29-25-35-13-7-8-14-39(35)31-43/h1-33H. The summed E-state index contributed by atoms with van der Waals surface area (Å²) >= 11 is 0. The van der Waals surface area contributed by atoms with Crippen LogP contribution in [0.4, 0.5) is 17.1 Å². The average molecular weight is 664 g/mol. The van der Waals surface area contributed by atoms with Crippen molar-refractivity contribution >= 4 is 60.5 Å². The highest BCUT2D eigenvalue weighted by Gasteiger charge is 2.17. The van der Waals surface area contributed by atoms with E-state index in [0.29, 0.717) is 0 Å². The first-order chi connectivity index (χ1) is 25.8. The Bertz CT molecular complexity index is 2870. The van der Waals surface area contributed by atoms with Crippen molar-refractivity contribution in [3.63, 3.8) is 0 Å². The molecule has 0 aliphatic carbocycles. The zero-order chi connectivity index (χ0) is 34.4. The summed E-state index contributed by atoms with van der Waals surface area (Å²) in [6.45, 7) is 0. The molecular formula is C50H33NO. The number of rotatable bonds is 6. The Labute approximate surface area is 302 Å². The molecule has 0 aliphatic heterocycles. The van der Waals surface area contributed by atoms with E-state index in [4.69, 9.17) is 4.42 Å². The van der Waals surface area contributed by atoms with Gasteiger partial charge < -0.3 is 9.32 Å². The molecule has 0 aliphatic rings. The number of nitrogens with zero attached hydrogens (tertiary/aromatic N) is 1. The highest BCUT2D eigenvalue weighted by Crippen LogP contribution is 2.42. The van der Waals surface area contributed by atoms with E-state index in [0.717, 1.165) is 55.5 Å². The Morgan fingerprint density at radius 2 is 0.865 bits per heavy atom. The fraction of sp³-hybridized carbons (Fsp3) is 0. The fourth-order valence-corrected chi connectivity index (χ4v) is 7.63. The summed E-state index contributed by atoms with van der Waals surface area (Å²) in [5, 5.41) is 7.02. The molecule has 52 heavy (non-hydrogen) atoms. The van der Waals surface area contributed by atoms with Gasteiger partial charge in [-0.15, -0.1) is 0 Å². The van der Waals surface area contributed by atoms with E-state index >= 15 is 0 Å². The van der Waals surface area contributed by atoms with Crippen molar-refractivity contribution in [3.8, 4) is 33.4 Å². The zero-order valence-corrected chi connectivity index (χ0v) is 28.4. The third kappa shape index (κ3) is 5.21. The van der Waals surface area contributed by atoms with Gasteiger partial charge in [0, 0.05) is 33.2 Å². The summed E-state index contributed by atoms with van der Waals surface area (Å²) in [5.41, 5.74) is 12.3. The van der Waals surface area contributed by atoms with Gasteiger partial charge in [0.05, 0.1) is 0 Å². The number of benzene rings is 9. The Balaban J connectivity index is 1.03. The zero-order valence-electron chi connectivity index (χ0n) is 28.4. The Kier molecular flexibility index (Phi) is 7.18. The SMILES string of the molecule is c1ccc(-c2ccc(-c3cc4c5ccc(-c6ccc(N(c7ccccc7)c7ccc8ccccc8c7)cc6)cc5oc4c4ccccc34)cc2)cc1. The van der Waals surface area contributed by atoms with Crippen molar-refractivity contribution in [3.05, 3.63) is 200 Å². The van der Waals surface area contributed by atoms with E-state index in [1.165, 1.54) is 38.4 Å². The first-order valence-electron chi connectivity index (χ1n) is 17.8. The summed E-state index contributed by atoms with van der Waals surface area (Å²) in [7, 11) is 0. The van der Waals surface area contributed by atoms with Crippen molar-refractivity contribution in [1.29, 1.82) is 0 Å². The molecular weight excluding hydrogens is 631 g/mol. The highest BCUT2D eigenvalue weighted by molar-refractivity contribution is 6.19. The van der Waals surface area contributed by atoms with Crippen LogP contribution < -0.4 is 4.90 Å². The van der Waals surface area contributed by atoms with Crippen LogP contribution in [-0.4, -0.2) is 0 Å². The smallest absolute Gasteiger partial charge is 0.143 e. The maximum atomic E-state index is 6.70. The number of para-hydroxylation sites is 1. The molecule has 2 heteroatoms. The Hall–Kier alpha value is -6.90. The van der Waals surface area contributed by atoms with Crippen molar-refractivity contribution < 1.29 is 4.42 Å². The molecule has 9 aromatic carbocycles. The summed E-state index contributed by atoms with van der Waals surface area (Å²) in [4.78, 5) is 2.32. The molecule has 0 atom stereocenters. The lowest BCUT2D eigenvalue weighted by atomic mass is 9.94. The van der Waals surface area contributed by atoms with Gasteiger partial charge in [0.15, 0.2) is 0 Å². The van der Waals surface area contributed by atoms with Gasteiger partial charge >= 0.3 is 0 Å². The van der Waals surface area contributed by atoms with E-state index < -0.39 is 0 Å². The van der Waals surface area contributed by atoms with Gasteiger partial charge in [0.2, 0.25) is 0 Å². The molecule has 0 fully saturated rings. The van der Waals surface area contributed by atoms with Gasteiger partial charge in [-0.25, -0.2) is 0 Å². The first-order valence-corrected chi connectivity index (χ1v) is 17.8. The summed E-state index contributed by atoms with van der Waals surface area (Å²) in [5.74, 6) is 0. The van der Waals surface area contributed by atoms with Crippen LogP contribution in [0.25, 0.3) is 76.9 Å². The predicted octanol–water partition coefficient (Wildman–Crippen LogP) is 14.4. The molecule has 10 aromatic rings. The molecule has 0 amide bonds. The molecule has 0 saturated carbocycles. The number of anilines is 3. The normalized spacial score (nSPS) is 11.5. The second-order valence-electron chi connectivity index (χ2n) is 13.4. The lowest BCUT2D eigenvalue weighted by Crippen LogP contribution is -2.09. The van der Waals surface area contributed by atoms with Crippen LogP contribution in [0, 0.1) is 0 Å². The van der Waals surface area contributed by atoms with Crippen LogP contribution in [0.1, 0.15) is 0 Å². The van der Waals surface area contributed by atoms with Crippen LogP contribution in [0.2, 0.25) is 0 Å². The maximum absolute atomic E-state index is 6.70. The second kappa shape index (κ2) is 12.5. The molecule has 10 rings (SSSR count). The van der Waals surface area contributed by atoms with Gasteiger partial charge in [-0.1, -0.05) is 146 Å². The first kappa shape index (κ1) is 30.0. The summed E-state index contributed by atoms with van der Waals surface area (Å²) < 4.78 is 6.70. The largest absolute Gasteiger partial charge is 0.455 e. The molecule has 0 N–H and O–H groups in total. The van der Waals surface area contributed by atoms with Gasteiger partial charge in [-0.2, -0.15) is 0 Å². The van der Waals surface area contributed by atoms with Crippen molar-refractivity contribution in [2.24, 2.45) is 0 Å². The van der Waals surface area contributed by atoms with Crippen LogP contribution in [-0.2, 0) is 0 Å². The fourth-order valence-electron chi connectivity index (χ4n) is 7.63. The van der Waals surface area contributed by atoms with Crippen LogP contribution in [0.5, 0.6) is 0 Å². The van der Waals surface area contributed by atoms with Crippen LogP contribution >= 0.6 is 0 Å². The molecule has 0 saturated heterocycles.